The van der Waals surface area contributed by atoms with E-state index < -0.39 is 10.0 Å². The molecule has 4 rings (SSSR count). The summed E-state index contributed by atoms with van der Waals surface area (Å²) in [4.78, 5) is 13.1. The normalized spacial score (nSPS) is 17.0. The number of hydrogen-bond acceptors (Lipinski definition) is 3. The molecule has 1 saturated heterocycles. The van der Waals surface area contributed by atoms with Gasteiger partial charge in [-0.15, -0.1) is 0 Å². The zero-order valence-electron chi connectivity index (χ0n) is 17.0. The molecule has 0 aliphatic carbocycles. The van der Waals surface area contributed by atoms with Crippen molar-refractivity contribution in [2.75, 3.05) is 13.1 Å². The van der Waals surface area contributed by atoms with Crippen molar-refractivity contribution < 1.29 is 13.2 Å². The lowest BCUT2D eigenvalue weighted by Gasteiger charge is -2.31. The molecule has 1 N–H and O–H groups in total. The van der Waals surface area contributed by atoms with Crippen molar-refractivity contribution in [3.8, 4) is 0 Å². The Morgan fingerprint density at radius 3 is 2.27 bits per heavy atom. The SMILES string of the molecule is CC(NC(=O)C1CCN(S(=O)(=O)c2ccccc2)CC1)c1ccc2ccccc2c1. The average Bonchev–Trinajstić information content (AvgIpc) is 2.79. The fourth-order valence-electron chi connectivity index (χ4n) is 3.99. The Bertz CT molecular complexity index is 1140. The van der Waals surface area contributed by atoms with Crippen molar-refractivity contribution in [2.45, 2.75) is 30.7 Å². The number of carbonyl (C=O) groups is 1. The van der Waals surface area contributed by atoms with Crippen molar-refractivity contribution in [1.82, 2.24) is 9.62 Å². The molecule has 0 aromatic heterocycles. The molecule has 1 fully saturated rings. The summed E-state index contributed by atoms with van der Waals surface area (Å²) in [5.74, 6) is -0.178. The van der Waals surface area contributed by atoms with Gasteiger partial charge in [-0.1, -0.05) is 54.6 Å². The van der Waals surface area contributed by atoms with E-state index in [1.54, 1.807) is 30.3 Å². The monoisotopic (exact) mass is 422 g/mol. The molecule has 30 heavy (non-hydrogen) atoms. The van der Waals surface area contributed by atoms with Crippen molar-refractivity contribution in [2.24, 2.45) is 5.92 Å². The second-order valence-corrected chi connectivity index (χ2v) is 9.77. The number of sulfonamides is 1. The number of nitrogens with one attached hydrogen (secondary N) is 1. The number of benzene rings is 3. The largest absolute Gasteiger partial charge is 0.349 e. The van der Waals surface area contributed by atoms with Gasteiger partial charge in [0.05, 0.1) is 10.9 Å². The summed E-state index contributed by atoms with van der Waals surface area (Å²) >= 11 is 0. The molecule has 1 heterocycles. The second kappa shape index (κ2) is 8.58. The highest BCUT2D eigenvalue weighted by Crippen LogP contribution is 2.25. The van der Waals surface area contributed by atoms with Crippen molar-refractivity contribution in [3.63, 3.8) is 0 Å². The molecule has 3 aromatic carbocycles. The number of hydrogen-bond donors (Lipinski definition) is 1. The predicted octanol–water partition coefficient (Wildman–Crippen LogP) is 4.12. The molecule has 6 heteroatoms. The Balaban J connectivity index is 1.37. The first kappa shape index (κ1) is 20.6. The first-order chi connectivity index (χ1) is 14.4. The lowest BCUT2D eigenvalue weighted by Crippen LogP contribution is -2.43. The molecule has 0 saturated carbocycles. The smallest absolute Gasteiger partial charge is 0.243 e. The van der Waals surface area contributed by atoms with Gasteiger partial charge in [-0.3, -0.25) is 4.79 Å². The van der Waals surface area contributed by atoms with Gasteiger partial charge in [0.15, 0.2) is 0 Å². The standard InChI is InChI=1S/C24H26N2O3S/c1-18(21-12-11-19-7-5-6-8-22(19)17-21)25-24(27)20-13-15-26(16-14-20)30(28,29)23-9-3-2-4-10-23/h2-12,17-18,20H,13-16H2,1H3,(H,25,27). The third-order valence-corrected chi connectivity index (χ3v) is 7.75. The Morgan fingerprint density at radius 2 is 1.57 bits per heavy atom. The topological polar surface area (TPSA) is 66.5 Å². The van der Waals surface area contributed by atoms with E-state index in [1.807, 2.05) is 25.1 Å². The third kappa shape index (κ3) is 4.25. The molecule has 1 aliphatic heterocycles. The number of nitrogens with zero attached hydrogens (tertiary/aromatic N) is 1. The van der Waals surface area contributed by atoms with Crippen molar-refractivity contribution in [1.29, 1.82) is 0 Å². The van der Waals surface area contributed by atoms with Gasteiger partial charge in [-0.25, -0.2) is 8.42 Å². The quantitative estimate of drug-likeness (QED) is 0.673. The maximum Gasteiger partial charge on any atom is 0.243 e. The molecule has 156 valence electrons. The van der Waals surface area contributed by atoms with Gasteiger partial charge < -0.3 is 5.32 Å². The highest BCUT2D eigenvalue weighted by atomic mass is 32.2. The van der Waals surface area contributed by atoms with Gasteiger partial charge in [-0.2, -0.15) is 4.31 Å². The van der Waals surface area contributed by atoms with Crippen LogP contribution in [0.3, 0.4) is 0 Å². The summed E-state index contributed by atoms with van der Waals surface area (Å²) in [5.41, 5.74) is 1.06. The van der Waals surface area contributed by atoms with E-state index in [0.29, 0.717) is 30.8 Å². The molecule has 0 radical (unpaired) electrons. The average molecular weight is 423 g/mol. The highest BCUT2D eigenvalue weighted by molar-refractivity contribution is 7.89. The van der Waals surface area contributed by atoms with Crippen molar-refractivity contribution in [3.05, 3.63) is 78.4 Å². The molecule has 1 unspecified atom stereocenters. The molecular formula is C24H26N2O3S. The van der Waals surface area contributed by atoms with Gasteiger partial charge in [0, 0.05) is 19.0 Å². The second-order valence-electron chi connectivity index (χ2n) is 7.83. The van der Waals surface area contributed by atoms with E-state index in [9.17, 15) is 13.2 Å². The van der Waals surface area contributed by atoms with E-state index in [4.69, 9.17) is 0 Å². The minimum absolute atomic E-state index is 0.00702. The number of piperidine rings is 1. The lowest BCUT2D eigenvalue weighted by molar-refractivity contribution is -0.126. The molecule has 1 atom stereocenters. The van der Waals surface area contributed by atoms with Gasteiger partial charge in [0.2, 0.25) is 15.9 Å². The summed E-state index contributed by atoms with van der Waals surface area (Å²) in [6.45, 7) is 2.70. The molecule has 3 aromatic rings. The van der Waals surface area contributed by atoms with E-state index >= 15 is 0 Å². The molecule has 1 amide bonds. The zero-order valence-corrected chi connectivity index (χ0v) is 17.8. The van der Waals surface area contributed by atoms with Gasteiger partial charge in [0.1, 0.15) is 0 Å². The molecule has 0 spiro atoms. The molecule has 5 nitrogen and oxygen atoms in total. The molecular weight excluding hydrogens is 396 g/mol. The minimum atomic E-state index is -3.50. The van der Waals surface area contributed by atoms with E-state index in [-0.39, 0.29) is 17.9 Å². The van der Waals surface area contributed by atoms with Crippen LogP contribution in [-0.4, -0.2) is 31.7 Å². The van der Waals surface area contributed by atoms with Gasteiger partial charge >= 0.3 is 0 Å². The fourth-order valence-corrected chi connectivity index (χ4v) is 5.48. The fraction of sp³-hybridized carbons (Fsp3) is 0.292. The Labute approximate surface area is 177 Å². The third-order valence-electron chi connectivity index (χ3n) is 5.84. The van der Waals surface area contributed by atoms with E-state index in [2.05, 4.69) is 29.6 Å². The van der Waals surface area contributed by atoms with Crippen LogP contribution in [0, 0.1) is 5.92 Å². The van der Waals surface area contributed by atoms with Crippen LogP contribution in [0.25, 0.3) is 10.8 Å². The van der Waals surface area contributed by atoms with Crippen LogP contribution in [0.1, 0.15) is 31.4 Å². The molecule has 1 aliphatic rings. The van der Waals surface area contributed by atoms with Crippen LogP contribution in [0.2, 0.25) is 0 Å². The summed E-state index contributed by atoms with van der Waals surface area (Å²) < 4.78 is 27.0. The maximum atomic E-state index is 12.8. The van der Waals surface area contributed by atoms with Crippen LogP contribution in [0.5, 0.6) is 0 Å². The number of fused-ring (bicyclic) bond motifs is 1. The van der Waals surface area contributed by atoms with Gasteiger partial charge in [-0.05, 0) is 54.3 Å². The summed E-state index contributed by atoms with van der Waals surface area (Å²) in [6.07, 6.45) is 1.06. The van der Waals surface area contributed by atoms with Crippen LogP contribution in [0.15, 0.2) is 77.7 Å². The Hall–Kier alpha value is -2.70. The lowest BCUT2D eigenvalue weighted by atomic mass is 9.96. The number of carbonyl (C=O) groups excluding carboxylic acids is 1. The Morgan fingerprint density at radius 1 is 0.933 bits per heavy atom. The summed E-state index contributed by atoms with van der Waals surface area (Å²) in [6, 6.07) is 22.7. The first-order valence-electron chi connectivity index (χ1n) is 10.3. The first-order valence-corrected chi connectivity index (χ1v) is 11.7. The summed E-state index contributed by atoms with van der Waals surface area (Å²) in [5, 5.41) is 5.43. The van der Waals surface area contributed by atoms with Crippen LogP contribution in [-0.2, 0) is 14.8 Å². The van der Waals surface area contributed by atoms with Gasteiger partial charge in [0.25, 0.3) is 0 Å². The zero-order chi connectivity index (χ0) is 21.1. The van der Waals surface area contributed by atoms with Crippen LogP contribution >= 0.6 is 0 Å². The molecule has 0 bridgehead atoms. The predicted molar refractivity (Wildman–Crippen MR) is 118 cm³/mol. The van der Waals surface area contributed by atoms with E-state index in [0.717, 1.165) is 10.9 Å². The van der Waals surface area contributed by atoms with Crippen molar-refractivity contribution >= 4 is 26.7 Å². The number of amides is 1. The maximum absolute atomic E-state index is 12.8. The van der Waals surface area contributed by atoms with Crippen LogP contribution < -0.4 is 5.32 Å². The van der Waals surface area contributed by atoms with Crippen LogP contribution in [0.4, 0.5) is 0 Å². The highest BCUT2D eigenvalue weighted by Gasteiger charge is 2.32. The number of rotatable bonds is 5. The summed E-state index contributed by atoms with van der Waals surface area (Å²) in [7, 11) is -3.50. The minimum Gasteiger partial charge on any atom is -0.349 e. The Kier molecular flexibility index (Phi) is 5.88. The van der Waals surface area contributed by atoms with E-state index in [1.165, 1.54) is 9.69 Å².